The number of carbonyl (C=O) groups excluding carboxylic acids is 2. The van der Waals surface area contributed by atoms with Crippen LogP contribution < -0.4 is 20.7 Å². The summed E-state index contributed by atoms with van der Waals surface area (Å²) in [6, 6.07) is 8.16. The van der Waals surface area contributed by atoms with Crippen LogP contribution in [0.15, 0.2) is 41.0 Å². The average Bonchev–Trinajstić information content (AvgIpc) is 3.01. The molecule has 0 spiro atoms. The molecule has 0 fully saturated rings. The molecule has 2 aromatic rings. The van der Waals surface area contributed by atoms with E-state index in [9.17, 15) is 9.59 Å². The molecule has 0 radical (unpaired) electrons. The van der Waals surface area contributed by atoms with E-state index in [4.69, 9.17) is 21.4 Å². The van der Waals surface area contributed by atoms with Gasteiger partial charge in [0.05, 0.1) is 19.1 Å². The van der Waals surface area contributed by atoms with E-state index in [0.29, 0.717) is 17.1 Å². The average molecular weight is 333 g/mol. The number of hydrogen-bond acceptors (Lipinski definition) is 5. The zero-order valence-electron chi connectivity index (χ0n) is 12.5. The smallest absolute Gasteiger partial charge is 0.291 e. The van der Waals surface area contributed by atoms with Crippen LogP contribution in [0.4, 0.5) is 11.4 Å². The molecule has 0 bridgehead atoms. The lowest BCUT2D eigenvalue weighted by Crippen LogP contribution is -2.32. The SMILES string of the molecule is COc1ccc(NC(=O)c2ccco2)cc1NC(=S)NC(C)=O. The van der Waals surface area contributed by atoms with Gasteiger partial charge in [0.1, 0.15) is 5.75 Å². The van der Waals surface area contributed by atoms with Crippen LogP contribution in [0.1, 0.15) is 17.5 Å². The lowest BCUT2D eigenvalue weighted by Gasteiger charge is -2.14. The summed E-state index contributed by atoms with van der Waals surface area (Å²) >= 11 is 5.01. The quantitative estimate of drug-likeness (QED) is 0.744. The van der Waals surface area contributed by atoms with E-state index in [0.717, 1.165) is 0 Å². The summed E-state index contributed by atoms with van der Waals surface area (Å²) in [5.41, 5.74) is 1.02. The van der Waals surface area contributed by atoms with Crippen molar-refractivity contribution >= 4 is 40.5 Å². The molecule has 0 unspecified atom stereocenters. The van der Waals surface area contributed by atoms with Crippen LogP contribution in [0.3, 0.4) is 0 Å². The lowest BCUT2D eigenvalue weighted by atomic mass is 10.2. The third-order valence-corrected chi connectivity index (χ3v) is 2.94. The molecule has 120 valence electrons. The van der Waals surface area contributed by atoms with Crippen LogP contribution in [-0.4, -0.2) is 24.0 Å². The molecule has 0 atom stereocenters. The Balaban J connectivity index is 2.16. The Kier molecular flexibility index (Phi) is 5.32. The van der Waals surface area contributed by atoms with Gasteiger partial charge < -0.3 is 25.1 Å². The van der Waals surface area contributed by atoms with Gasteiger partial charge in [-0.15, -0.1) is 0 Å². The molecule has 3 N–H and O–H groups in total. The number of hydrogen-bond donors (Lipinski definition) is 3. The minimum atomic E-state index is -0.379. The van der Waals surface area contributed by atoms with Crippen molar-refractivity contribution in [3.05, 3.63) is 42.4 Å². The van der Waals surface area contributed by atoms with Crippen molar-refractivity contribution in [2.24, 2.45) is 0 Å². The Labute approximate surface area is 138 Å². The van der Waals surface area contributed by atoms with Gasteiger partial charge in [0.15, 0.2) is 10.9 Å². The third-order valence-electron chi connectivity index (χ3n) is 2.74. The summed E-state index contributed by atoms with van der Waals surface area (Å²) in [7, 11) is 1.50. The highest BCUT2D eigenvalue weighted by Gasteiger charge is 2.11. The topological polar surface area (TPSA) is 92.6 Å². The number of furan rings is 1. The highest BCUT2D eigenvalue weighted by molar-refractivity contribution is 7.80. The van der Waals surface area contributed by atoms with Crippen LogP contribution in [0.25, 0.3) is 0 Å². The summed E-state index contributed by atoms with van der Waals surface area (Å²) in [6.45, 7) is 1.35. The first kappa shape index (κ1) is 16.5. The Morgan fingerprint density at radius 1 is 1.22 bits per heavy atom. The molecular weight excluding hydrogens is 318 g/mol. The fraction of sp³-hybridized carbons (Fsp3) is 0.133. The number of rotatable bonds is 4. The van der Waals surface area contributed by atoms with Crippen LogP contribution in [0, 0.1) is 0 Å². The van der Waals surface area contributed by atoms with Gasteiger partial charge in [0.2, 0.25) is 5.91 Å². The molecule has 0 aliphatic carbocycles. The molecule has 1 aromatic carbocycles. The first-order valence-corrected chi connectivity index (χ1v) is 7.02. The van der Waals surface area contributed by atoms with E-state index >= 15 is 0 Å². The normalized spacial score (nSPS) is 9.83. The van der Waals surface area contributed by atoms with Crippen molar-refractivity contribution in [1.29, 1.82) is 0 Å². The predicted molar refractivity (Wildman–Crippen MR) is 89.7 cm³/mol. The van der Waals surface area contributed by atoms with Gasteiger partial charge in [-0.25, -0.2) is 0 Å². The second-order valence-electron chi connectivity index (χ2n) is 4.48. The van der Waals surface area contributed by atoms with Crippen LogP contribution in [0.5, 0.6) is 5.75 Å². The minimum absolute atomic E-state index is 0.130. The second kappa shape index (κ2) is 7.41. The van der Waals surface area contributed by atoms with Gasteiger partial charge in [-0.3, -0.25) is 9.59 Å². The highest BCUT2D eigenvalue weighted by atomic mass is 32.1. The van der Waals surface area contributed by atoms with E-state index in [1.165, 1.54) is 20.3 Å². The van der Waals surface area contributed by atoms with E-state index in [-0.39, 0.29) is 22.7 Å². The monoisotopic (exact) mass is 333 g/mol. The molecule has 8 heteroatoms. The largest absolute Gasteiger partial charge is 0.495 e. The zero-order valence-corrected chi connectivity index (χ0v) is 13.3. The van der Waals surface area contributed by atoms with Gasteiger partial charge in [-0.1, -0.05) is 0 Å². The summed E-state index contributed by atoms with van der Waals surface area (Å²) in [4.78, 5) is 23.0. The molecular formula is C15H15N3O4S. The van der Waals surface area contributed by atoms with Gasteiger partial charge in [-0.2, -0.15) is 0 Å². The van der Waals surface area contributed by atoms with Crippen molar-refractivity contribution in [3.8, 4) is 5.75 Å². The molecule has 1 aromatic heterocycles. The number of ether oxygens (including phenoxy) is 1. The van der Waals surface area contributed by atoms with Gasteiger partial charge in [0.25, 0.3) is 5.91 Å². The molecule has 7 nitrogen and oxygen atoms in total. The van der Waals surface area contributed by atoms with Crippen molar-refractivity contribution in [1.82, 2.24) is 5.32 Å². The maximum absolute atomic E-state index is 12.0. The minimum Gasteiger partial charge on any atom is -0.495 e. The van der Waals surface area contributed by atoms with Crippen LogP contribution >= 0.6 is 12.2 Å². The van der Waals surface area contributed by atoms with Crippen LogP contribution in [-0.2, 0) is 4.79 Å². The van der Waals surface area contributed by atoms with Gasteiger partial charge in [-0.05, 0) is 42.5 Å². The summed E-state index contributed by atoms with van der Waals surface area (Å²) in [5, 5.41) is 8.11. The molecule has 0 saturated heterocycles. The highest BCUT2D eigenvalue weighted by Crippen LogP contribution is 2.28. The maximum atomic E-state index is 12.0. The van der Waals surface area contributed by atoms with E-state index in [2.05, 4.69) is 16.0 Å². The van der Waals surface area contributed by atoms with Gasteiger partial charge >= 0.3 is 0 Å². The van der Waals surface area contributed by atoms with Crippen molar-refractivity contribution in [2.75, 3.05) is 17.7 Å². The predicted octanol–water partition coefficient (Wildman–Crippen LogP) is 2.37. The number of benzene rings is 1. The molecule has 2 rings (SSSR count). The fourth-order valence-electron chi connectivity index (χ4n) is 1.80. The molecule has 0 aliphatic heterocycles. The number of carbonyl (C=O) groups is 2. The summed E-state index contributed by atoms with van der Waals surface area (Å²) < 4.78 is 10.2. The van der Waals surface area contributed by atoms with Crippen LogP contribution in [0.2, 0.25) is 0 Å². The Morgan fingerprint density at radius 3 is 2.61 bits per heavy atom. The first-order valence-electron chi connectivity index (χ1n) is 6.61. The maximum Gasteiger partial charge on any atom is 0.291 e. The molecule has 0 saturated carbocycles. The number of nitrogens with one attached hydrogen (secondary N) is 3. The Hall–Kier alpha value is -2.87. The van der Waals surface area contributed by atoms with E-state index in [1.54, 1.807) is 30.3 Å². The van der Waals surface area contributed by atoms with E-state index in [1.807, 2.05) is 0 Å². The third kappa shape index (κ3) is 4.55. The number of methoxy groups -OCH3 is 1. The molecule has 23 heavy (non-hydrogen) atoms. The second-order valence-corrected chi connectivity index (χ2v) is 4.89. The van der Waals surface area contributed by atoms with Crippen molar-refractivity contribution in [3.63, 3.8) is 0 Å². The molecule has 1 heterocycles. The fourth-order valence-corrected chi connectivity index (χ4v) is 2.05. The zero-order chi connectivity index (χ0) is 16.8. The first-order chi connectivity index (χ1) is 11.0. The Morgan fingerprint density at radius 2 is 2.00 bits per heavy atom. The van der Waals surface area contributed by atoms with E-state index < -0.39 is 0 Å². The number of thiocarbonyl (C=S) groups is 1. The number of amides is 2. The molecule has 2 amide bonds. The Bertz CT molecular complexity index is 728. The van der Waals surface area contributed by atoms with Gasteiger partial charge in [0, 0.05) is 12.6 Å². The summed E-state index contributed by atoms with van der Waals surface area (Å²) in [5.74, 6) is 0.0390. The van der Waals surface area contributed by atoms with Crippen molar-refractivity contribution in [2.45, 2.75) is 6.92 Å². The lowest BCUT2D eigenvalue weighted by molar-refractivity contribution is -0.117. The molecule has 0 aliphatic rings. The standard InChI is InChI=1S/C15H15N3O4S/c1-9(19)16-15(23)18-11-8-10(5-6-12(11)21-2)17-14(20)13-4-3-7-22-13/h3-8H,1-2H3,(H,17,20)(H2,16,18,19,23). The number of anilines is 2. The van der Waals surface area contributed by atoms with Crippen molar-refractivity contribution < 1.29 is 18.7 Å². The summed E-state index contributed by atoms with van der Waals surface area (Å²) in [6.07, 6.45) is 1.42.